The highest BCUT2D eigenvalue weighted by molar-refractivity contribution is 5.95. The average molecular weight is 465 g/mol. The number of hydrogen-bond acceptors (Lipinski definition) is 6. The number of piperazine rings is 1. The zero-order valence-electron chi connectivity index (χ0n) is 19.3. The van der Waals surface area contributed by atoms with Gasteiger partial charge < -0.3 is 30.7 Å². The number of benzene rings is 2. The normalized spacial score (nSPS) is 19.5. The van der Waals surface area contributed by atoms with E-state index in [0.717, 1.165) is 42.1 Å². The van der Waals surface area contributed by atoms with Crippen LogP contribution in [0.2, 0.25) is 0 Å². The van der Waals surface area contributed by atoms with Crippen LogP contribution >= 0.6 is 0 Å². The van der Waals surface area contributed by atoms with Crippen LogP contribution in [0.3, 0.4) is 0 Å². The van der Waals surface area contributed by atoms with Crippen LogP contribution in [0.4, 0.5) is 5.69 Å². The summed E-state index contributed by atoms with van der Waals surface area (Å²) in [6.07, 6.45) is 1.08. The van der Waals surface area contributed by atoms with Crippen molar-refractivity contribution in [3.63, 3.8) is 0 Å². The fourth-order valence-electron chi connectivity index (χ4n) is 4.48. The molecule has 2 aromatic rings. The van der Waals surface area contributed by atoms with Crippen LogP contribution in [-0.4, -0.2) is 78.3 Å². The van der Waals surface area contributed by atoms with Gasteiger partial charge in [0.15, 0.2) is 0 Å². The maximum absolute atomic E-state index is 13.0. The van der Waals surface area contributed by atoms with E-state index in [1.165, 1.54) is 0 Å². The van der Waals surface area contributed by atoms with Gasteiger partial charge in [-0.25, -0.2) is 0 Å². The first kappa shape index (κ1) is 22.8. The molecule has 0 bridgehead atoms. The van der Waals surface area contributed by atoms with E-state index < -0.39 is 5.60 Å². The Kier molecular flexibility index (Phi) is 6.29. The summed E-state index contributed by atoms with van der Waals surface area (Å²) < 4.78 is 5.26. The standard InChI is InChI=1S/C26H32N4O4/c27-14-22-6-5-21(13-23(22)28-15-18-16-34-17-18)19-1-3-20(4-2-19)24(31)29-9-11-30(12-10-29)25(32)26(33)7-8-26/h1-6,13,18,28,33H,7-12,14-17,27H2. The third kappa shape index (κ3) is 4.66. The molecule has 0 atom stereocenters. The van der Waals surface area contributed by atoms with E-state index >= 15 is 0 Å². The van der Waals surface area contributed by atoms with E-state index in [1.807, 2.05) is 30.3 Å². The van der Waals surface area contributed by atoms with E-state index in [9.17, 15) is 14.7 Å². The van der Waals surface area contributed by atoms with Crippen LogP contribution in [0.5, 0.6) is 0 Å². The highest BCUT2D eigenvalue weighted by atomic mass is 16.5. The Hall–Kier alpha value is -2.94. The third-order valence-corrected chi connectivity index (χ3v) is 7.06. The number of carbonyl (C=O) groups excluding carboxylic acids is 2. The molecule has 2 aliphatic heterocycles. The first-order valence-corrected chi connectivity index (χ1v) is 12.0. The van der Waals surface area contributed by atoms with E-state index in [-0.39, 0.29) is 11.8 Å². The first-order chi connectivity index (χ1) is 16.5. The summed E-state index contributed by atoms with van der Waals surface area (Å²) in [5, 5.41) is 13.6. The molecule has 0 radical (unpaired) electrons. The largest absolute Gasteiger partial charge is 0.384 e. The van der Waals surface area contributed by atoms with Gasteiger partial charge in [-0.15, -0.1) is 0 Å². The van der Waals surface area contributed by atoms with Crippen molar-refractivity contribution in [1.29, 1.82) is 0 Å². The number of hydrogen-bond donors (Lipinski definition) is 3. The zero-order valence-corrected chi connectivity index (χ0v) is 19.3. The van der Waals surface area contributed by atoms with Crippen LogP contribution < -0.4 is 11.1 Å². The molecular formula is C26H32N4O4. The lowest BCUT2D eigenvalue weighted by molar-refractivity contribution is -0.143. The molecule has 3 fully saturated rings. The van der Waals surface area contributed by atoms with Gasteiger partial charge in [-0.3, -0.25) is 9.59 Å². The van der Waals surface area contributed by atoms with Gasteiger partial charge in [-0.2, -0.15) is 0 Å². The van der Waals surface area contributed by atoms with E-state index in [1.54, 1.807) is 9.80 Å². The van der Waals surface area contributed by atoms with Gasteiger partial charge in [-0.05, 0) is 47.7 Å². The van der Waals surface area contributed by atoms with E-state index in [0.29, 0.717) is 57.0 Å². The van der Waals surface area contributed by atoms with Crippen molar-refractivity contribution < 1.29 is 19.4 Å². The molecule has 0 aromatic heterocycles. The third-order valence-electron chi connectivity index (χ3n) is 7.06. The van der Waals surface area contributed by atoms with Crippen molar-refractivity contribution in [2.75, 3.05) is 51.3 Å². The summed E-state index contributed by atoms with van der Waals surface area (Å²) >= 11 is 0. The first-order valence-electron chi connectivity index (χ1n) is 12.0. The summed E-state index contributed by atoms with van der Waals surface area (Å²) in [4.78, 5) is 28.8. The average Bonchev–Trinajstić information content (AvgIpc) is 3.60. The molecule has 34 heavy (non-hydrogen) atoms. The molecule has 1 aliphatic carbocycles. The van der Waals surface area contributed by atoms with Gasteiger partial charge in [0.05, 0.1) is 13.2 Å². The summed E-state index contributed by atoms with van der Waals surface area (Å²) in [5.41, 5.74) is 9.61. The number of amides is 2. The Morgan fingerprint density at radius 1 is 1.00 bits per heavy atom. The minimum absolute atomic E-state index is 0.0349. The predicted octanol–water partition coefficient (Wildman–Crippen LogP) is 1.68. The Morgan fingerprint density at radius 3 is 2.24 bits per heavy atom. The molecule has 5 rings (SSSR count). The SMILES string of the molecule is NCc1ccc(-c2ccc(C(=O)N3CCN(C(=O)C4(O)CC4)CC3)cc2)cc1NCC1COC1. The number of anilines is 1. The number of nitrogens with zero attached hydrogens (tertiary/aromatic N) is 2. The van der Waals surface area contributed by atoms with Crippen molar-refractivity contribution in [2.45, 2.75) is 25.0 Å². The van der Waals surface area contributed by atoms with Crippen LogP contribution in [0.1, 0.15) is 28.8 Å². The highest BCUT2D eigenvalue weighted by Crippen LogP contribution is 2.37. The molecule has 1 saturated carbocycles. The number of rotatable bonds is 7. The van der Waals surface area contributed by atoms with Gasteiger partial charge in [0.1, 0.15) is 5.60 Å². The molecule has 0 unspecified atom stereocenters. The Labute approximate surface area is 199 Å². The molecule has 4 N–H and O–H groups in total. The predicted molar refractivity (Wildman–Crippen MR) is 129 cm³/mol. The van der Waals surface area contributed by atoms with Crippen molar-refractivity contribution in [3.05, 3.63) is 53.6 Å². The van der Waals surface area contributed by atoms with Crippen molar-refractivity contribution in [3.8, 4) is 11.1 Å². The second kappa shape index (κ2) is 9.37. The maximum atomic E-state index is 13.0. The van der Waals surface area contributed by atoms with Crippen LogP contribution in [0.25, 0.3) is 11.1 Å². The van der Waals surface area contributed by atoms with Crippen molar-refractivity contribution in [1.82, 2.24) is 9.80 Å². The van der Waals surface area contributed by atoms with Crippen molar-refractivity contribution >= 4 is 17.5 Å². The summed E-state index contributed by atoms with van der Waals surface area (Å²) in [5.74, 6) is 0.310. The van der Waals surface area contributed by atoms with Gasteiger partial charge >= 0.3 is 0 Å². The van der Waals surface area contributed by atoms with Crippen LogP contribution in [-0.2, 0) is 16.1 Å². The second-order valence-electron chi connectivity index (χ2n) is 9.55. The number of nitrogens with one attached hydrogen (secondary N) is 1. The lowest BCUT2D eigenvalue weighted by Gasteiger charge is -2.35. The summed E-state index contributed by atoms with van der Waals surface area (Å²) in [7, 11) is 0. The lowest BCUT2D eigenvalue weighted by atomic mass is 10.00. The molecule has 2 aromatic carbocycles. The highest BCUT2D eigenvalue weighted by Gasteiger charge is 2.50. The van der Waals surface area contributed by atoms with Crippen molar-refractivity contribution in [2.24, 2.45) is 11.7 Å². The second-order valence-corrected chi connectivity index (χ2v) is 9.55. The fourth-order valence-corrected chi connectivity index (χ4v) is 4.48. The molecule has 2 amide bonds. The molecule has 8 nitrogen and oxygen atoms in total. The zero-order chi connectivity index (χ0) is 23.7. The molecule has 2 heterocycles. The Balaban J connectivity index is 1.22. The van der Waals surface area contributed by atoms with Gasteiger partial charge in [0.2, 0.25) is 0 Å². The molecule has 8 heteroatoms. The molecule has 3 aliphatic rings. The molecule has 0 spiro atoms. The molecule has 180 valence electrons. The van der Waals surface area contributed by atoms with Gasteiger partial charge in [0, 0.05) is 56.4 Å². The van der Waals surface area contributed by atoms with Crippen LogP contribution in [0, 0.1) is 5.92 Å². The monoisotopic (exact) mass is 464 g/mol. The topological polar surface area (TPSA) is 108 Å². The smallest absolute Gasteiger partial charge is 0.254 e. The molecular weight excluding hydrogens is 432 g/mol. The fraction of sp³-hybridized carbons (Fsp3) is 0.462. The number of carbonyl (C=O) groups is 2. The number of ether oxygens (including phenoxy) is 1. The van der Waals surface area contributed by atoms with Gasteiger partial charge in [0.25, 0.3) is 11.8 Å². The number of aliphatic hydroxyl groups is 1. The van der Waals surface area contributed by atoms with Gasteiger partial charge in [-0.1, -0.05) is 24.3 Å². The minimum atomic E-state index is -1.15. The Bertz CT molecular complexity index is 1050. The Morgan fingerprint density at radius 2 is 1.65 bits per heavy atom. The van der Waals surface area contributed by atoms with E-state index in [2.05, 4.69) is 17.4 Å². The quantitative estimate of drug-likeness (QED) is 0.576. The summed E-state index contributed by atoms with van der Waals surface area (Å²) in [6.45, 7) is 4.80. The lowest BCUT2D eigenvalue weighted by Crippen LogP contribution is -2.53. The number of nitrogens with two attached hydrogens (primary N) is 1. The molecule has 2 saturated heterocycles. The summed E-state index contributed by atoms with van der Waals surface area (Å²) in [6, 6.07) is 13.9. The van der Waals surface area contributed by atoms with E-state index in [4.69, 9.17) is 10.5 Å². The van der Waals surface area contributed by atoms with Crippen LogP contribution in [0.15, 0.2) is 42.5 Å². The maximum Gasteiger partial charge on any atom is 0.254 e. The minimum Gasteiger partial charge on any atom is -0.384 e.